The zero-order valence-electron chi connectivity index (χ0n) is 18.6. The summed E-state index contributed by atoms with van der Waals surface area (Å²) in [5.74, 6) is 0.515. The van der Waals surface area contributed by atoms with E-state index in [0.29, 0.717) is 29.4 Å². The van der Waals surface area contributed by atoms with Crippen molar-refractivity contribution in [1.82, 2.24) is 0 Å². The number of hydrogen-bond donors (Lipinski definition) is 1. The first-order chi connectivity index (χ1) is 13.5. The molecule has 0 bridgehead atoms. The van der Waals surface area contributed by atoms with Crippen molar-refractivity contribution in [2.24, 2.45) is 23.2 Å². The van der Waals surface area contributed by atoms with Crippen molar-refractivity contribution in [2.45, 2.75) is 96.9 Å². The van der Waals surface area contributed by atoms with Crippen LogP contribution in [-0.2, 0) is 14.3 Å². The third-order valence-corrected chi connectivity index (χ3v) is 8.61. The van der Waals surface area contributed by atoms with Crippen LogP contribution in [0.5, 0.6) is 0 Å². The van der Waals surface area contributed by atoms with Crippen LogP contribution in [0.15, 0.2) is 22.8 Å². The van der Waals surface area contributed by atoms with E-state index in [1.807, 2.05) is 0 Å². The molecule has 4 heteroatoms. The van der Waals surface area contributed by atoms with Crippen LogP contribution < -0.4 is 0 Å². The van der Waals surface area contributed by atoms with Gasteiger partial charge in [-0.05, 0) is 82.1 Å². The largest absolute Gasteiger partial charge is 0.389 e. The summed E-state index contributed by atoms with van der Waals surface area (Å²) in [5.41, 5.74) is 1.31. The fraction of sp³-hybridized carbons (Fsp3) is 0.760. The average molecular weight is 401 g/mol. The van der Waals surface area contributed by atoms with Gasteiger partial charge < -0.3 is 9.84 Å². The van der Waals surface area contributed by atoms with Crippen LogP contribution in [0, 0.1) is 23.2 Å². The Morgan fingerprint density at radius 1 is 1.24 bits per heavy atom. The van der Waals surface area contributed by atoms with Crippen LogP contribution in [-0.4, -0.2) is 34.5 Å². The smallest absolute Gasteiger partial charge is 0.162 e. The summed E-state index contributed by atoms with van der Waals surface area (Å²) in [6.07, 6.45) is 8.78. The number of aliphatic hydroxyl groups is 1. The van der Waals surface area contributed by atoms with Crippen molar-refractivity contribution in [3.63, 3.8) is 0 Å². The Labute approximate surface area is 174 Å². The number of rotatable bonds is 2. The molecule has 4 aliphatic rings. The maximum atomic E-state index is 12.7. The quantitative estimate of drug-likeness (QED) is 0.545. The molecule has 4 rings (SSSR count). The van der Waals surface area contributed by atoms with Crippen molar-refractivity contribution < 1.29 is 19.4 Å². The summed E-state index contributed by atoms with van der Waals surface area (Å²) in [6.45, 7) is 10.7. The normalized spacial score (nSPS) is 47.0. The highest BCUT2D eigenvalue weighted by atomic mass is 16.5. The molecule has 0 unspecified atom stereocenters. The number of carbonyl (C=O) groups excluding carboxylic acids is 2. The molecule has 2 saturated carbocycles. The first kappa shape index (κ1) is 21.0. The van der Waals surface area contributed by atoms with Gasteiger partial charge in [-0.15, -0.1) is 0 Å². The Morgan fingerprint density at radius 3 is 2.62 bits per heavy atom. The van der Waals surface area contributed by atoms with E-state index in [2.05, 4.69) is 33.8 Å². The zero-order valence-corrected chi connectivity index (χ0v) is 18.6. The van der Waals surface area contributed by atoms with Crippen LogP contribution in [0.2, 0.25) is 0 Å². The summed E-state index contributed by atoms with van der Waals surface area (Å²) in [6, 6.07) is 0. The minimum Gasteiger partial charge on any atom is -0.389 e. The van der Waals surface area contributed by atoms with Gasteiger partial charge in [0.05, 0.1) is 17.3 Å². The molecule has 1 spiro atoms. The first-order valence-electron chi connectivity index (χ1n) is 11.3. The number of ether oxygens (including phenoxy) is 1. The highest BCUT2D eigenvalue weighted by Gasteiger charge is 2.63. The van der Waals surface area contributed by atoms with Gasteiger partial charge in [0, 0.05) is 17.9 Å². The molecule has 0 amide bonds. The average Bonchev–Trinajstić information content (AvgIpc) is 3.12. The van der Waals surface area contributed by atoms with Gasteiger partial charge in [0.25, 0.3) is 0 Å². The first-order valence-corrected chi connectivity index (χ1v) is 11.3. The van der Waals surface area contributed by atoms with Gasteiger partial charge in [-0.1, -0.05) is 25.5 Å². The number of hydrogen-bond acceptors (Lipinski definition) is 4. The monoisotopic (exact) mass is 400 g/mol. The summed E-state index contributed by atoms with van der Waals surface area (Å²) in [4.78, 5) is 24.6. The standard InChI is InChI=1S/C25H36O4/c1-15(2)10-18-11-16(3)25(29-18)9-8-23(4)12-19-22(20(27)13-24(19,5)28)17(14-26)6-7-21(23)25/h10,14,16,18-19,21,28H,6-9,11-13H2,1-5H3/t16-,18-,19-,21+,23+,24+,25-/m0/s1. The molecule has 0 aromatic carbocycles. The molecule has 0 aromatic rings. The lowest BCUT2D eigenvalue weighted by Gasteiger charge is -2.45. The topological polar surface area (TPSA) is 63.6 Å². The third-order valence-electron chi connectivity index (χ3n) is 8.61. The van der Waals surface area contributed by atoms with E-state index in [1.54, 1.807) is 6.92 Å². The van der Waals surface area contributed by atoms with Crippen molar-refractivity contribution >= 4 is 12.1 Å². The van der Waals surface area contributed by atoms with Crippen LogP contribution in [0.1, 0.15) is 79.6 Å². The number of allylic oxidation sites excluding steroid dienone is 2. The fourth-order valence-corrected chi connectivity index (χ4v) is 7.25. The SMILES string of the molecule is CC(C)=C[C@H]1C[C@H](C)[C@]2(CC[C@]3(C)C[C@H]4C(=C(C=O)CC[C@H]32)C(=O)C[C@@]4(C)O)O1. The van der Waals surface area contributed by atoms with E-state index in [0.717, 1.165) is 38.4 Å². The predicted molar refractivity (Wildman–Crippen MR) is 112 cm³/mol. The molecule has 3 aliphatic carbocycles. The van der Waals surface area contributed by atoms with Crippen molar-refractivity contribution in [2.75, 3.05) is 0 Å². The Hall–Kier alpha value is -1.26. The molecule has 7 atom stereocenters. The molecule has 1 heterocycles. The second kappa shape index (κ2) is 6.88. The number of ketones is 1. The molecule has 0 aromatic heterocycles. The van der Waals surface area contributed by atoms with Crippen LogP contribution in [0.25, 0.3) is 0 Å². The highest BCUT2D eigenvalue weighted by Crippen LogP contribution is 2.64. The lowest BCUT2D eigenvalue weighted by Crippen LogP contribution is -2.45. The number of carbonyl (C=O) groups is 2. The highest BCUT2D eigenvalue weighted by molar-refractivity contribution is 6.04. The number of Topliss-reactive ketones (excluding diaryl/α,β-unsaturated/α-hetero) is 1. The molecule has 1 aliphatic heterocycles. The van der Waals surface area contributed by atoms with Gasteiger partial charge in [0.1, 0.15) is 6.29 Å². The zero-order chi connectivity index (χ0) is 21.2. The molecular weight excluding hydrogens is 364 g/mol. The van der Waals surface area contributed by atoms with Crippen LogP contribution in [0.3, 0.4) is 0 Å². The molecule has 29 heavy (non-hydrogen) atoms. The van der Waals surface area contributed by atoms with Crippen molar-refractivity contribution in [1.29, 1.82) is 0 Å². The molecule has 4 nitrogen and oxygen atoms in total. The lowest BCUT2D eigenvalue weighted by atomic mass is 9.62. The third kappa shape index (κ3) is 3.18. The van der Waals surface area contributed by atoms with Crippen LogP contribution >= 0.6 is 0 Å². The molecule has 3 fully saturated rings. The molecule has 160 valence electrons. The van der Waals surface area contributed by atoms with Gasteiger partial charge in [-0.2, -0.15) is 0 Å². The van der Waals surface area contributed by atoms with Gasteiger partial charge >= 0.3 is 0 Å². The van der Waals surface area contributed by atoms with Crippen LogP contribution in [0.4, 0.5) is 0 Å². The molecule has 0 radical (unpaired) electrons. The second-order valence-electron chi connectivity index (χ2n) is 11.0. The van der Waals surface area contributed by atoms with Crippen molar-refractivity contribution in [3.8, 4) is 0 Å². The Balaban J connectivity index is 1.73. The van der Waals surface area contributed by atoms with Gasteiger partial charge in [-0.25, -0.2) is 0 Å². The van der Waals surface area contributed by atoms with E-state index in [9.17, 15) is 14.7 Å². The predicted octanol–water partition coefficient (Wildman–Crippen LogP) is 4.55. The Bertz CT molecular complexity index is 787. The number of aldehydes is 1. The maximum Gasteiger partial charge on any atom is 0.162 e. The lowest BCUT2D eigenvalue weighted by molar-refractivity contribution is -0.116. The minimum absolute atomic E-state index is 0.00701. The number of fused-ring (bicyclic) bond motifs is 3. The van der Waals surface area contributed by atoms with E-state index in [4.69, 9.17) is 4.74 Å². The van der Waals surface area contributed by atoms with E-state index >= 15 is 0 Å². The Kier molecular flexibility index (Phi) is 4.98. The summed E-state index contributed by atoms with van der Waals surface area (Å²) >= 11 is 0. The van der Waals surface area contributed by atoms with E-state index in [-0.39, 0.29) is 35.2 Å². The van der Waals surface area contributed by atoms with Gasteiger partial charge in [0.2, 0.25) is 0 Å². The van der Waals surface area contributed by atoms with Gasteiger partial charge in [0.15, 0.2) is 5.78 Å². The molecular formula is C25H36O4. The molecule has 1 N–H and O–H groups in total. The summed E-state index contributed by atoms with van der Waals surface area (Å²) < 4.78 is 6.81. The molecule has 1 saturated heterocycles. The van der Waals surface area contributed by atoms with E-state index < -0.39 is 5.60 Å². The maximum absolute atomic E-state index is 12.7. The minimum atomic E-state index is -1.06. The summed E-state index contributed by atoms with van der Waals surface area (Å²) in [5, 5.41) is 11.1. The Morgan fingerprint density at radius 2 is 1.97 bits per heavy atom. The summed E-state index contributed by atoms with van der Waals surface area (Å²) in [7, 11) is 0. The van der Waals surface area contributed by atoms with Gasteiger partial charge in [-0.3, -0.25) is 9.59 Å². The van der Waals surface area contributed by atoms with Crippen molar-refractivity contribution in [3.05, 3.63) is 22.8 Å². The second-order valence-corrected chi connectivity index (χ2v) is 11.0. The fourth-order valence-electron chi connectivity index (χ4n) is 7.25. The van der Waals surface area contributed by atoms with E-state index in [1.165, 1.54) is 5.57 Å².